The van der Waals surface area contributed by atoms with E-state index in [0.29, 0.717) is 12.2 Å². The minimum atomic E-state index is -1.11. The first kappa shape index (κ1) is 9.52. The van der Waals surface area contributed by atoms with Crippen molar-refractivity contribution in [3.05, 3.63) is 28.2 Å². The molecule has 14 heavy (non-hydrogen) atoms. The molecule has 2 rings (SSSR count). The summed E-state index contributed by atoms with van der Waals surface area (Å²) < 4.78 is 6.33. The van der Waals surface area contributed by atoms with E-state index in [9.17, 15) is 4.79 Å². The molecule has 0 bridgehead atoms. The zero-order valence-corrected chi connectivity index (χ0v) is 9.17. The average Bonchev–Trinajstić information content (AvgIpc) is 2.42. The molecule has 1 heterocycles. The number of halogens is 1. The van der Waals surface area contributed by atoms with E-state index in [4.69, 9.17) is 9.84 Å². The lowest BCUT2D eigenvalue weighted by atomic mass is 10.00. The number of fused-ring (bicyclic) bond motifs is 1. The van der Waals surface area contributed by atoms with Crippen molar-refractivity contribution in [1.82, 2.24) is 0 Å². The van der Waals surface area contributed by atoms with Crippen LogP contribution in [0.4, 0.5) is 0 Å². The minimum Gasteiger partial charge on any atom is -0.478 e. The third-order valence-corrected chi connectivity index (χ3v) is 2.83. The van der Waals surface area contributed by atoms with Crippen LogP contribution in [0.1, 0.15) is 12.5 Å². The third-order valence-electron chi connectivity index (χ3n) is 2.34. The Morgan fingerprint density at radius 1 is 1.64 bits per heavy atom. The zero-order chi connectivity index (χ0) is 10.3. The molecular formula is C10H9BrO3. The maximum absolute atomic E-state index is 10.9. The molecule has 1 N–H and O–H groups in total. The van der Waals surface area contributed by atoms with Crippen molar-refractivity contribution in [2.24, 2.45) is 0 Å². The number of benzene rings is 1. The van der Waals surface area contributed by atoms with Gasteiger partial charge in [0.1, 0.15) is 5.75 Å². The molecule has 0 aromatic heterocycles. The van der Waals surface area contributed by atoms with Gasteiger partial charge in [-0.3, -0.25) is 0 Å². The predicted octanol–water partition coefficient (Wildman–Crippen LogP) is 2.23. The van der Waals surface area contributed by atoms with E-state index in [-0.39, 0.29) is 0 Å². The SMILES string of the molecule is CC1(C(=O)O)Cc2cc(Br)ccc2O1. The summed E-state index contributed by atoms with van der Waals surface area (Å²) in [5.41, 5.74) is -0.173. The Labute approximate surface area is 89.8 Å². The van der Waals surface area contributed by atoms with Gasteiger partial charge in [-0.05, 0) is 30.7 Å². The van der Waals surface area contributed by atoms with E-state index >= 15 is 0 Å². The molecule has 0 amide bonds. The summed E-state index contributed by atoms with van der Waals surface area (Å²) in [5, 5.41) is 8.98. The van der Waals surface area contributed by atoms with E-state index in [0.717, 1.165) is 10.0 Å². The molecule has 0 fully saturated rings. The second kappa shape index (κ2) is 2.98. The molecule has 0 saturated carbocycles. The van der Waals surface area contributed by atoms with Crippen LogP contribution in [0.15, 0.2) is 22.7 Å². The van der Waals surface area contributed by atoms with Gasteiger partial charge >= 0.3 is 5.97 Å². The van der Waals surface area contributed by atoms with Gasteiger partial charge in [-0.15, -0.1) is 0 Å². The van der Waals surface area contributed by atoms with Crippen molar-refractivity contribution in [3.63, 3.8) is 0 Å². The van der Waals surface area contributed by atoms with E-state index in [1.807, 2.05) is 12.1 Å². The number of rotatable bonds is 1. The van der Waals surface area contributed by atoms with Crippen LogP contribution in [-0.4, -0.2) is 16.7 Å². The van der Waals surface area contributed by atoms with Crippen molar-refractivity contribution in [1.29, 1.82) is 0 Å². The fourth-order valence-corrected chi connectivity index (χ4v) is 1.96. The van der Waals surface area contributed by atoms with Crippen LogP contribution in [0.25, 0.3) is 0 Å². The lowest BCUT2D eigenvalue weighted by Crippen LogP contribution is -2.39. The molecule has 0 radical (unpaired) electrons. The molecule has 74 valence electrons. The maximum atomic E-state index is 10.9. The average molecular weight is 257 g/mol. The fraction of sp³-hybridized carbons (Fsp3) is 0.300. The summed E-state index contributed by atoms with van der Waals surface area (Å²) >= 11 is 3.34. The summed E-state index contributed by atoms with van der Waals surface area (Å²) in [6.45, 7) is 1.59. The highest BCUT2D eigenvalue weighted by atomic mass is 79.9. The highest BCUT2D eigenvalue weighted by Crippen LogP contribution is 2.36. The topological polar surface area (TPSA) is 46.5 Å². The van der Waals surface area contributed by atoms with Crippen molar-refractivity contribution in [3.8, 4) is 5.75 Å². The summed E-state index contributed by atoms with van der Waals surface area (Å²) in [6.07, 6.45) is 0.414. The van der Waals surface area contributed by atoms with E-state index < -0.39 is 11.6 Å². The molecule has 0 aliphatic carbocycles. The number of carbonyl (C=O) groups is 1. The first-order chi connectivity index (χ1) is 6.51. The summed E-state index contributed by atoms with van der Waals surface area (Å²) in [6, 6.07) is 5.52. The second-order valence-corrected chi connectivity index (χ2v) is 4.48. The Balaban J connectivity index is 2.39. The van der Waals surface area contributed by atoms with E-state index in [1.165, 1.54) is 0 Å². The lowest BCUT2D eigenvalue weighted by molar-refractivity contribution is -0.152. The number of carboxylic acid groups (broad SMARTS) is 1. The highest BCUT2D eigenvalue weighted by Gasteiger charge is 2.41. The maximum Gasteiger partial charge on any atom is 0.348 e. The molecule has 0 saturated heterocycles. The van der Waals surface area contributed by atoms with Gasteiger partial charge in [0.15, 0.2) is 0 Å². The summed E-state index contributed by atoms with van der Waals surface area (Å²) in [4.78, 5) is 10.9. The molecule has 1 aliphatic heterocycles. The van der Waals surface area contributed by atoms with Gasteiger partial charge in [0.2, 0.25) is 5.60 Å². The van der Waals surface area contributed by atoms with Crippen molar-refractivity contribution in [2.75, 3.05) is 0 Å². The molecular weight excluding hydrogens is 248 g/mol. The van der Waals surface area contributed by atoms with Gasteiger partial charge in [-0.25, -0.2) is 4.79 Å². The molecule has 1 aliphatic rings. The fourth-order valence-electron chi connectivity index (χ4n) is 1.55. The van der Waals surface area contributed by atoms with Gasteiger partial charge in [-0.1, -0.05) is 15.9 Å². The van der Waals surface area contributed by atoms with Crippen molar-refractivity contribution < 1.29 is 14.6 Å². The number of aliphatic carboxylic acids is 1. The Morgan fingerprint density at radius 2 is 2.36 bits per heavy atom. The van der Waals surface area contributed by atoms with Crippen LogP contribution in [0.3, 0.4) is 0 Å². The van der Waals surface area contributed by atoms with Crippen LogP contribution in [0.2, 0.25) is 0 Å². The van der Waals surface area contributed by atoms with E-state index in [1.54, 1.807) is 13.0 Å². The number of hydrogen-bond acceptors (Lipinski definition) is 2. The zero-order valence-electron chi connectivity index (χ0n) is 7.58. The number of hydrogen-bond donors (Lipinski definition) is 1. The van der Waals surface area contributed by atoms with Crippen LogP contribution < -0.4 is 4.74 Å². The predicted molar refractivity (Wildman–Crippen MR) is 54.5 cm³/mol. The normalized spacial score (nSPS) is 24.1. The summed E-state index contributed by atoms with van der Waals surface area (Å²) in [7, 11) is 0. The van der Waals surface area contributed by atoms with Gasteiger partial charge < -0.3 is 9.84 Å². The van der Waals surface area contributed by atoms with Gasteiger partial charge in [0, 0.05) is 10.9 Å². The van der Waals surface area contributed by atoms with Gasteiger partial charge in [0.05, 0.1) is 0 Å². The molecule has 1 atom stereocenters. The Bertz CT molecular complexity index is 402. The minimum absolute atomic E-state index is 0.414. The smallest absolute Gasteiger partial charge is 0.348 e. The van der Waals surface area contributed by atoms with Gasteiger partial charge in [-0.2, -0.15) is 0 Å². The van der Waals surface area contributed by atoms with Crippen LogP contribution in [0.5, 0.6) is 5.75 Å². The standard InChI is InChI=1S/C10H9BrO3/c1-10(9(12)13)5-6-4-7(11)2-3-8(6)14-10/h2-4H,5H2,1H3,(H,12,13). The lowest BCUT2D eigenvalue weighted by Gasteiger charge is -2.17. The molecule has 3 nitrogen and oxygen atoms in total. The van der Waals surface area contributed by atoms with Gasteiger partial charge in [0.25, 0.3) is 0 Å². The molecule has 1 aromatic rings. The van der Waals surface area contributed by atoms with Crippen LogP contribution in [-0.2, 0) is 11.2 Å². The van der Waals surface area contributed by atoms with Crippen molar-refractivity contribution in [2.45, 2.75) is 18.9 Å². The number of ether oxygens (including phenoxy) is 1. The third kappa shape index (κ3) is 1.39. The molecule has 1 aromatic carbocycles. The number of carboxylic acids is 1. The first-order valence-electron chi connectivity index (χ1n) is 4.22. The van der Waals surface area contributed by atoms with Crippen molar-refractivity contribution >= 4 is 21.9 Å². The Kier molecular flexibility index (Phi) is 2.03. The summed E-state index contributed by atoms with van der Waals surface area (Å²) in [5.74, 6) is -0.261. The quantitative estimate of drug-likeness (QED) is 0.839. The monoisotopic (exact) mass is 256 g/mol. The highest BCUT2D eigenvalue weighted by molar-refractivity contribution is 9.10. The van der Waals surface area contributed by atoms with Crippen LogP contribution in [0, 0.1) is 0 Å². The second-order valence-electron chi connectivity index (χ2n) is 3.57. The molecule has 1 unspecified atom stereocenters. The Morgan fingerprint density at radius 3 is 3.00 bits per heavy atom. The van der Waals surface area contributed by atoms with Crippen LogP contribution >= 0.6 is 15.9 Å². The Hall–Kier alpha value is -1.03. The largest absolute Gasteiger partial charge is 0.478 e. The first-order valence-corrected chi connectivity index (χ1v) is 5.01. The molecule has 0 spiro atoms. The van der Waals surface area contributed by atoms with E-state index in [2.05, 4.69) is 15.9 Å². The molecule has 4 heteroatoms.